The molecule has 0 spiro atoms. The first-order valence-corrected chi connectivity index (χ1v) is 7.97. The Morgan fingerprint density at radius 2 is 2.10 bits per heavy atom. The SMILES string of the molecule is Cc1cc(F)ccc1CCNS(=O)(=O)N(C)CCCN. The van der Waals surface area contributed by atoms with Crippen LogP contribution in [0, 0.1) is 12.7 Å². The molecule has 0 aliphatic carbocycles. The number of hydrogen-bond donors (Lipinski definition) is 2. The van der Waals surface area contributed by atoms with Crippen molar-refractivity contribution in [3.8, 4) is 0 Å². The van der Waals surface area contributed by atoms with Crippen molar-refractivity contribution in [2.75, 3.05) is 26.7 Å². The molecule has 20 heavy (non-hydrogen) atoms. The van der Waals surface area contributed by atoms with Crippen LogP contribution in [0.1, 0.15) is 17.5 Å². The van der Waals surface area contributed by atoms with Crippen LogP contribution in [0.5, 0.6) is 0 Å². The van der Waals surface area contributed by atoms with Crippen LogP contribution in [0.25, 0.3) is 0 Å². The molecule has 0 aliphatic heterocycles. The molecule has 0 bridgehead atoms. The van der Waals surface area contributed by atoms with E-state index in [0.29, 0.717) is 25.9 Å². The molecule has 0 aromatic heterocycles. The monoisotopic (exact) mass is 303 g/mol. The molecule has 0 saturated carbocycles. The smallest absolute Gasteiger partial charge is 0.279 e. The second-order valence-electron chi connectivity index (χ2n) is 4.68. The summed E-state index contributed by atoms with van der Waals surface area (Å²) in [5.41, 5.74) is 7.10. The lowest BCUT2D eigenvalue weighted by atomic mass is 10.1. The summed E-state index contributed by atoms with van der Waals surface area (Å²) in [6.07, 6.45) is 1.14. The zero-order valence-electron chi connectivity index (χ0n) is 11.9. The quantitative estimate of drug-likeness (QED) is 0.745. The summed E-state index contributed by atoms with van der Waals surface area (Å²) >= 11 is 0. The van der Waals surface area contributed by atoms with Gasteiger partial charge in [0.2, 0.25) is 0 Å². The largest absolute Gasteiger partial charge is 0.330 e. The normalized spacial score (nSPS) is 12.1. The Bertz CT molecular complexity index is 534. The van der Waals surface area contributed by atoms with E-state index in [1.165, 1.54) is 23.5 Å². The van der Waals surface area contributed by atoms with Gasteiger partial charge in [-0.25, -0.2) is 9.11 Å². The summed E-state index contributed by atoms with van der Waals surface area (Å²) in [6, 6.07) is 4.50. The number of nitrogens with two attached hydrogens (primary N) is 1. The number of hydrogen-bond acceptors (Lipinski definition) is 3. The minimum absolute atomic E-state index is 0.280. The number of halogens is 1. The maximum atomic E-state index is 13.0. The third-order valence-corrected chi connectivity index (χ3v) is 4.64. The summed E-state index contributed by atoms with van der Waals surface area (Å²) in [5, 5.41) is 0. The van der Waals surface area contributed by atoms with Crippen molar-refractivity contribution in [3.05, 3.63) is 35.1 Å². The first kappa shape index (κ1) is 17.0. The first-order chi connectivity index (χ1) is 9.36. The van der Waals surface area contributed by atoms with Gasteiger partial charge < -0.3 is 5.73 Å². The molecule has 0 heterocycles. The molecular weight excluding hydrogens is 281 g/mol. The molecule has 1 aromatic carbocycles. The van der Waals surface area contributed by atoms with Gasteiger partial charge in [-0.05, 0) is 49.6 Å². The van der Waals surface area contributed by atoms with E-state index < -0.39 is 10.2 Å². The lowest BCUT2D eigenvalue weighted by Crippen LogP contribution is -2.40. The maximum absolute atomic E-state index is 13.0. The van der Waals surface area contributed by atoms with E-state index in [-0.39, 0.29) is 12.4 Å². The van der Waals surface area contributed by atoms with E-state index in [9.17, 15) is 12.8 Å². The van der Waals surface area contributed by atoms with Crippen molar-refractivity contribution in [1.29, 1.82) is 0 Å². The van der Waals surface area contributed by atoms with Crippen LogP contribution >= 0.6 is 0 Å². The molecule has 7 heteroatoms. The molecule has 114 valence electrons. The van der Waals surface area contributed by atoms with Gasteiger partial charge >= 0.3 is 0 Å². The van der Waals surface area contributed by atoms with Crippen molar-refractivity contribution < 1.29 is 12.8 Å². The summed E-state index contributed by atoms with van der Waals surface area (Å²) in [5.74, 6) is -0.284. The molecule has 1 rings (SSSR count). The Kier molecular flexibility index (Phi) is 6.54. The van der Waals surface area contributed by atoms with Crippen molar-refractivity contribution >= 4 is 10.2 Å². The summed E-state index contributed by atoms with van der Waals surface area (Å²) in [4.78, 5) is 0. The van der Waals surface area contributed by atoms with Crippen LogP contribution in [-0.2, 0) is 16.6 Å². The van der Waals surface area contributed by atoms with Crippen molar-refractivity contribution in [3.63, 3.8) is 0 Å². The zero-order chi connectivity index (χ0) is 15.2. The molecule has 0 aliphatic rings. The molecule has 5 nitrogen and oxygen atoms in total. The average molecular weight is 303 g/mol. The highest BCUT2D eigenvalue weighted by atomic mass is 32.2. The molecule has 3 N–H and O–H groups in total. The van der Waals surface area contributed by atoms with Gasteiger partial charge in [-0.2, -0.15) is 12.7 Å². The van der Waals surface area contributed by atoms with Crippen molar-refractivity contribution in [2.24, 2.45) is 5.73 Å². The number of rotatable bonds is 8. The Morgan fingerprint density at radius 1 is 1.40 bits per heavy atom. The van der Waals surface area contributed by atoms with E-state index in [4.69, 9.17) is 5.73 Å². The van der Waals surface area contributed by atoms with Gasteiger partial charge in [0.1, 0.15) is 5.82 Å². The van der Waals surface area contributed by atoms with Gasteiger partial charge in [0.05, 0.1) is 0 Å². The summed E-state index contributed by atoms with van der Waals surface area (Å²) in [6.45, 7) is 2.93. The van der Waals surface area contributed by atoms with Gasteiger partial charge in [0.15, 0.2) is 0 Å². The average Bonchev–Trinajstić information content (AvgIpc) is 2.38. The van der Waals surface area contributed by atoms with Crippen LogP contribution in [-0.4, -0.2) is 39.4 Å². The molecule has 0 amide bonds. The Balaban J connectivity index is 2.50. The van der Waals surface area contributed by atoms with Crippen LogP contribution in [0.2, 0.25) is 0 Å². The number of nitrogens with zero attached hydrogens (tertiary/aromatic N) is 1. The molecule has 1 aromatic rings. The second kappa shape index (κ2) is 7.68. The van der Waals surface area contributed by atoms with Crippen LogP contribution in [0.4, 0.5) is 4.39 Å². The number of aryl methyl sites for hydroxylation is 1. The van der Waals surface area contributed by atoms with Crippen LogP contribution in [0.3, 0.4) is 0 Å². The molecule has 0 atom stereocenters. The lowest BCUT2D eigenvalue weighted by molar-refractivity contribution is 0.453. The van der Waals surface area contributed by atoms with Crippen LogP contribution < -0.4 is 10.5 Å². The molecular formula is C13H22FN3O2S. The highest BCUT2D eigenvalue weighted by Gasteiger charge is 2.16. The molecule has 0 radical (unpaired) electrons. The molecule has 0 fully saturated rings. The fourth-order valence-corrected chi connectivity index (χ4v) is 2.75. The fourth-order valence-electron chi connectivity index (χ4n) is 1.80. The van der Waals surface area contributed by atoms with E-state index in [2.05, 4.69) is 4.72 Å². The third-order valence-electron chi connectivity index (χ3n) is 3.07. The van der Waals surface area contributed by atoms with Gasteiger partial charge in [-0.15, -0.1) is 0 Å². The van der Waals surface area contributed by atoms with E-state index in [1.54, 1.807) is 13.0 Å². The number of benzene rings is 1. The Labute approximate surface area is 120 Å². The van der Waals surface area contributed by atoms with E-state index >= 15 is 0 Å². The first-order valence-electron chi connectivity index (χ1n) is 6.53. The third kappa shape index (κ3) is 5.16. The topological polar surface area (TPSA) is 75.4 Å². The van der Waals surface area contributed by atoms with Gasteiger partial charge in [-0.1, -0.05) is 6.07 Å². The van der Waals surface area contributed by atoms with Gasteiger partial charge in [0.25, 0.3) is 10.2 Å². The lowest BCUT2D eigenvalue weighted by Gasteiger charge is -2.17. The number of nitrogens with one attached hydrogen (secondary N) is 1. The minimum atomic E-state index is -3.47. The second-order valence-corrected chi connectivity index (χ2v) is 6.55. The highest BCUT2D eigenvalue weighted by molar-refractivity contribution is 7.87. The van der Waals surface area contributed by atoms with E-state index in [0.717, 1.165) is 11.1 Å². The molecule has 0 saturated heterocycles. The predicted molar refractivity (Wildman–Crippen MR) is 78.1 cm³/mol. The minimum Gasteiger partial charge on any atom is -0.330 e. The van der Waals surface area contributed by atoms with Crippen LogP contribution in [0.15, 0.2) is 18.2 Å². The fraction of sp³-hybridized carbons (Fsp3) is 0.538. The Hall–Kier alpha value is -1.02. The van der Waals surface area contributed by atoms with Crippen molar-refractivity contribution in [2.45, 2.75) is 19.8 Å². The summed E-state index contributed by atoms with van der Waals surface area (Å²) in [7, 11) is -1.95. The van der Waals surface area contributed by atoms with Crippen molar-refractivity contribution in [1.82, 2.24) is 9.03 Å². The molecule has 0 unspecified atom stereocenters. The standard InChI is InChI=1S/C13H22FN3O2S/c1-11-10-13(14)5-4-12(11)6-8-16-20(18,19)17(2)9-3-7-15/h4-5,10,16H,3,6-9,15H2,1-2H3. The Morgan fingerprint density at radius 3 is 2.70 bits per heavy atom. The van der Waals surface area contributed by atoms with Gasteiger partial charge in [0, 0.05) is 20.1 Å². The highest BCUT2D eigenvalue weighted by Crippen LogP contribution is 2.10. The predicted octanol–water partition coefficient (Wildman–Crippen LogP) is 0.792. The van der Waals surface area contributed by atoms with Gasteiger partial charge in [-0.3, -0.25) is 0 Å². The zero-order valence-corrected chi connectivity index (χ0v) is 12.7. The van der Waals surface area contributed by atoms with E-state index in [1.807, 2.05) is 0 Å². The maximum Gasteiger partial charge on any atom is 0.279 e. The summed E-state index contributed by atoms with van der Waals surface area (Å²) < 4.78 is 40.5.